The Morgan fingerprint density at radius 3 is 2.94 bits per heavy atom. The maximum atomic E-state index is 11.6. The molecular formula is C12H20NO3. The van der Waals surface area contributed by atoms with Gasteiger partial charge in [-0.3, -0.25) is 9.69 Å². The van der Waals surface area contributed by atoms with Crippen LogP contribution in [-0.2, 0) is 9.53 Å². The van der Waals surface area contributed by atoms with E-state index >= 15 is 0 Å². The van der Waals surface area contributed by atoms with Gasteiger partial charge in [0, 0.05) is 6.54 Å². The van der Waals surface area contributed by atoms with Gasteiger partial charge in [0.2, 0.25) is 6.29 Å². The van der Waals surface area contributed by atoms with Crippen LogP contribution in [0.25, 0.3) is 0 Å². The zero-order valence-corrected chi connectivity index (χ0v) is 9.91. The summed E-state index contributed by atoms with van der Waals surface area (Å²) in [5.41, 5.74) is 0. The molecule has 4 nitrogen and oxygen atoms in total. The molecule has 1 heterocycles. The Bertz CT molecular complexity index is 230. The molecule has 1 fully saturated rings. The van der Waals surface area contributed by atoms with E-state index in [0.29, 0.717) is 19.6 Å². The van der Waals surface area contributed by atoms with Crippen molar-refractivity contribution in [2.45, 2.75) is 51.5 Å². The van der Waals surface area contributed by atoms with Crippen molar-refractivity contribution in [2.75, 3.05) is 13.2 Å². The summed E-state index contributed by atoms with van der Waals surface area (Å²) in [4.78, 5) is 23.6. The number of hydrogen-bond acceptors (Lipinski definition) is 3. The van der Waals surface area contributed by atoms with E-state index < -0.39 is 0 Å². The Kier molecular flexibility index (Phi) is 5.90. The third-order valence-electron chi connectivity index (χ3n) is 2.85. The Balaban J connectivity index is 2.16. The minimum Gasteiger partial charge on any atom is -0.449 e. The molecule has 0 saturated carbocycles. The van der Waals surface area contributed by atoms with Gasteiger partial charge < -0.3 is 4.74 Å². The molecule has 91 valence electrons. The standard InChI is InChI=1S/C12H20NO3/c1-2-3-4-5-9-16-12(15)13-8-6-7-11(13)10-14/h11H,2-9H2,1H3. The van der Waals surface area contributed by atoms with Crippen molar-refractivity contribution in [3.05, 3.63) is 0 Å². The van der Waals surface area contributed by atoms with E-state index in [1.807, 2.05) is 6.29 Å². The maximum Gasteiger partial charge on any atom is 0.410 e. The van der Waals surface area contributed by atoms with Crippen LogP contribution in [0.3, 0.4) is 0 Å². The highest BCUT2D eigenvalue weighted by atomic mass is 16.6. The zero-order chi connectivity index (χ0) is 11.8. The van der Waals surface area contributed by atoms with E-state index in [2.05, 4.69) is 6.92 Å². The fraction of sp³-hybridized carbons (Fsp3) is 0.833. The smallest absolute Gasteiger partial charge is 0.410 e. The summed E-state index contributed by atoms with van der Waals surface area (Å²) < 4.78 is 5.11. The fourth-order valence-corrected chi connectivity index (χ4v) is 1.88. The van der Waals surface area contributed by atoms with Gasteiger partial charge in [-0.2, -0.15) is 0 Å². The van der Waals surface area contributed by atoms with Gasteiger partial charge in [-0.25, -0.2) is 4.79 Å². The highest BCUT2D eigenvalue weighted by Crippen LogP contribution is 2.16. The van der Waals surface area contributed by atoms with Gasteiger partial charge in [-0.05, 0) is 19.3 Å². The Hall–Kier alpha value is -1.06. The molecule has 1 saturated heterocycles. The van der Waals surface area contributed by atoms with Crippen molar-refractivity contribution in [3.63, 3.8) is 0 Å². The first-order valence-electron chi connectivity index (χ1n) is 6.10. The molecule has 0 aromatic carbocycles. The fourth-order valence-electron chi connectivity index (χ4n) is 1.88. The summed E-state index contributed by atoms with van der Waals surface area (Å²) in [6.45, 7) is 3.22. The lowest BCUT2D eigenvalue weighted by Gasteiger charge is -2.19. The minimum absolute atomic E-state index is 0.359. The summed E-state index contributed by atoms with van der Waals surface area (Å²) in [6.07, 6.45) is 7.44. The van der Waals surface area contributed by atoms with Gasteiger partial charge in [0.1, 0.15) is 6.04 Å². The topological polar surface area (TPSA) is 46.6 Å². The molecule has 0 aliphatic carbocycles. The second kappa shape index (κ2) is 7.25. The van der Waals surface area contributed by atoms with Gasteiger partial charge in [0.05, 0.1) is 6.61 Å². The highest BCUT2D eigenvalue weighted by molar-refractivity contribution is 5.74. The predicted octanol–water partition coefficient (Wildman–Crippen LogP) is 2.28. The summed E-state index contributed by atoms with van der Waals surface area (Å²) in [5, 5.41) is 0. The van der Waals surface area contributed by atoms with Crippen LogP contribution in [0.1, 0.15) is 45.4 Å². The van der Waals surface area contributed by atoms with Gasteiger partial charge >= 0.3 is 6.09 Å². The number of unbranched alkanes of at least 4 members (excludes halogenated alkanes) is 3. The van der Waals surface area contributed by atoms with E-state index in [-0.39, 0.29) is 12.1 Å². The first kappa shape index (κ1) is 13.0. The first-order chi connectivity index (χ1) is 7.79. The molecule has 0 aromatic rings. The van der Waals surface area contributed by atoms with Gasteiger partial charge in [-0.15, -0.1) is 0 Å². The van der Waals surface area contributed by atoms with Crippen molar-refractivity contribution >= 4 is 12.4 Å². The van der Waals surface area contributed by atoms with E-state index in [4.69, 9.17) is 4.74 Å². The molecule has 1 amide bonds. The molecular weight excluding hydrogens is 206 g/mol. The zero-order valence-electron chi connectivity index (χ0n) is 9.91. The second-order valence-corrected chi connectivity index (χ2v) is 4.14. The molecule has 1 radical (unpaired) electrons. The number of rotatable bonds is 6. The maximum absolute atomic E-state index is 11.6. The summed E-state index contributed by atoms with van der Waals surface area (Å²) >= 11 is 0. The summed E-state index contributed by atoms with van der Waals surface area (Å²) in [5.74, 6) is 0. The molecule has 16 heavy (non-hydrogen) atoms. The van der Waals surface area contributed by atoms with Crippen LogP contribution < -0.4 is 0 Å². The molecule has 1 rings (SSSR count). The van der Waals surface area contributed by atoms with E-state index in [0.717, 1.165) is 19.3 Å². The number of likely N-dealkylation sites (tertiary alicyclic amines) is 1. The number of amides is 1. The minimum atomic E-state index is -0.386. The molecule has 0 spiro atoms. The lowest BCUT2D eigenvalue weighted by atomic mass is 10.2. The molecule has 4 heteroatoms. The third kappa shape index (κ3) is 3.83. The van der Waals surface area contributed by atoms with E-state index in [1.54, 1.807) is 0 Å². The summed E-state index contributed by atoms with van der Waals surface area (Å²) in [6, 6.07) is -0.386. The molecule has 0 bridgehead atoms. The van der Waals surface area contributed by atoms with Crippen LogP contribution in [0.2, 0.25) is 0 Å². The highest BCUT2D eigenvalue weighted by Gasteiger charge is 2.29. The SMILES string of the molecule is CCCCCCOC(=O)N1CCCC1[C]=O. The number of carbonyl (C=O) groups is 1. The van der Waals surface area contributed by atoms with E-state index in [1.165, 1.54) is 17.7 Å². The van der Waals surface area contributed by atoms with Crippen molar-refractivity contribution < 1.29 is 14.3 Å². The number of carbonyl (C=O) groups excluding carboxylic acids is 2. The average Bonchev–Trinajstić information content (AvgIpc) is 2.76. The number of hydrogen-bond donors (Lipinski definition) is 0. The Morgan fingerprint density at radius 1 is 1.44 bits per heavy atom. The van der Waals surface area contributed by atoms with Crippen LogP contribution in [0.15, 0.2) is 0 Å². The first-order valence-corrected chi connectivity index (χ1v) is 6.10. The number of nitrogens with zero attached hydrogens (tertiary/aromatic N) is 1. The lowest BCUT2D eigenvalue weighted by Crippen LogP contribution is -2.36. The number of ether oxygens (including phenoxy) is 1. The molecule has 1 aliphatic heterocycles. The van der Waals surface area contributed by atoms with Crippen molar-refractivity contribution in [1.82, 2.24) is 4.90 Å². The monoisotopic (exact) mass is 226 g/mol. The van der Waals surface area contributed by atoms with Gasteiger partial charge in [0.15, 0.2) is 0 Å². The second-order valence-electron chi connectivity index (χ2n) is 4.14. The average molecular weight is 226 g/mol. The van der Waals surface area contributed by atoms with Crippen LogP contribution in [0.4, 0.5) is 4.79 Å². The predicted molar refractivity (Wildman–Crippen MR) is 60.9 cm³/mol. The van der Waals surface area contributed by atoms with Gasteiger partial charge in [-0.1, -0.05) is 26.2 Å². The molecule has 0 aromatic heterocycles. The Labute approximate surface area is 96.9 Å². The Morgan fingerprint density at radius 2 is 2.25 bits per heavy atom. The lowest BCUT2D eigenvalue weighted by molar-refractivity contribution is 0.103. The molecule has 1 unspecified atom stereocenters. The summed E-state index contributed by atoms with van der Waals surface area (Å²) in [7, 11) is 0. The van der Waals surface area contributed by atoms with Crippen LogP contribution in [-0.4, -0.2) is 36.5 Å². The van der Waals surface area contributed by atoms with Crippen LogP contribution >= 0.6 is 0 Å². The largest absolute Gasteiger partial charge is 0.449 e. The third-order valence-corrected chi connectivity index (χ3v) is 2.85. The van der Waals surface area contributed by atoms with E-state index in [9.17, 15) is 9.59 Å². The molecule has 1 atom stereocenters. The van der Waals surface area contributed by atoms with Crippen LogP contribution in [0, 0.1) is 0 Å². The van der Waals surface area contributed by atoms with Crippen molar-refractivity contribution in [1.29, 1.82) is 0 Å². The van der Waals surface area contributed by atoms with Crippen molar-refractivity contribution in [2.24, 2.45) is 0 Å². The van der Waals surface area contributed by atoms with Crippen molar-refractivity contribution in [3.8, 4) is 0 Å². The quantitative estimate of drug-likeness (QED) is 0.653. The normalized spacial score (nSPS) is 19.8. The van der Waals surface area contributed by atoms with Gasteiger partial charge in [0.25, 0.3) is 0 Å². The van der Waals surface area contributed by atoms with Crippen LogP contribution in [0.5, 0.6) is 0 Å². The molecule has 1 aliphatic rings. The molecule has 0 N–H and O–H groups in total.